The van der Waals surface area contributed by atoms with Crippen LogP contribution in [0.3, 0.4) is 0 Å². The van der Waals surface area contributed by atoms with Gasteiger partial charge in [-0.2, -0.15) is 0 Å². The van der Waals surface area contributed by atoms with Gasteiger partial charge in [-0.1, -0.05) is 18.2 Å². The van der Waals surface area contributed by atoms with Crippen LogP contribution >= 0.6 is 12.6 Å². The summed E-state index contributed by atoms with van der Waals surface area (Å²) in [7, 11) is 0. The summed E-state index contributed by atoms with van der Waals surface area (Å²) < 4.78 is 0. The third kappa shape index (κ3) is 6.18. The number of nitrogens with one attached hydrogen (secondary N) is 3. The van der Waals surface area contributed by atoms with Crippen LogP contribution in [0.25, 0.3) is 0 Å². The average Bonchev–Trinajstić information content (AvgIpc) is 2.92. The van der Waals surface area contributed by atoms with Crippen LogP contribution in [0.15, 0.2) is 41.3 Å². The number of benzene rings is 1. The number of carbonyl (C=O) groups excluding carboxylic acids is 5. The molecular weight excluding hydrogens is 396 g/mol. The third-order valence-corrected chi connectivity index (χ3v) is 4.44. The van der Waals surface area contributed by atoms with Crippen LogP contribution in [0.1, 0.15) is 20.3 Å². The van der Waals surface area contributed by atoms with E-state index in [0.29, 0.717) is 5.69 Å². The highest BCUT2D eigenvalue weighted by Crippen LogP contribution is 2.15. The maximum atomic E-state index is 12.2. The van der Waals surface area contributed by atoms with E-state index in [2.05, 4.69) is 28.6 Å². The van der Waals surface area contributed by atoms with Crippen molar-refractivity contribution in [2.24, 2.45) is 0 Å². The highest BCUT2D eigenvalue weighted by atomic mass is 32.1. The van der Waals surface area contributed by atoms with Gasteiger partial charge in [-0.15, -0.1) is 12.6 Å². The van der Waals surface area contributed by atoms with Crippen LogP contribution in [0, 0.1) is 0 Å². The molecule has 2 rings (SSSR count). The van der Waals surface area contributed by atoms with Gasteiger partial charge < -0.3 is 16.0 Å². The van der Waals surface area contributed by atoms with Gasteiger partial charge in [-0.3, -0.25) is 28.9 Å². The van der Waals surface area contributed by atoms with E-state index in [4.69, 9.17) is 0 Å². The van der Waals surface area contributed by atoms with Crippen molar-refractivity contribution < 1.29 is 24.0 Å². The number of imide groups is 1. The molecule has 0 saturated carbocycles. The largest absolute Gasteiger partial charge is 0.345 e. The Balaban J connectivity index is 1.76. The van der Waals surface area contributed by atoms with Gasteiger partial charge in [0.15, 0.2) is 0 Å². The highest BCUT2D eigenvalue weighted by molar-refractivity contribution is 7.85. The lowest BCUT2D eigenvalue weighted by Crippen LogP contribution is -2.50. The Labute approximate surface area is 173 Å². The second kappa shape index (κ2) is 9.87. The van der Waals surface area contributed by atoms with E-state index in [9.17, 15) is 24.0 Å². The minimum absolute atomic E-state index is 0.0194. The summed E-state index contributed by atoms with van der Waals surface area (Å²) in [5.74, 6) is -2.54. The molecule has 0 spiro atoms. The molecule has 2 atom stereocenters. The van der Waals surface area contributed by atoms with E-state index < -0.39 is 41.6 Å². The number of hydrogen-bond donors (Lipinski definition) is 4. The van der Waals surface area contributed by atoms with Crippen LogP contribution in [-0.2, 0) is 24.0 Å². The molecule has 1 heterocycles. The van der Waals surface area contributed by atoms with E-state index in [1.54, 1.807) is 24.3 Å². The van der Waals surface area contributed by atoms with E-state index >= 15 is 0 Å². The van der Waals surface area contributed by atoms with E-state index in [0.717, 1.165) is 11.0 Å². The first-order valence-corrected chi connectivity index (χ1v) is 9.36. The van der Waals surface area contributed by atoms with Crippen molar-refractivity contribution in [3.63, 3.8) is 0 Å². The molecule has 0 saturated heterocycles. The Kier molecular flexibility index (Phi) is 7.54. The van der Waals surface area contributed by atoms with Crippen molar-refractivity contribution in [3.8, 4) is 0 Å². The maximum absolute atomic E-state index is 12.2. The molecule has 154 valence electrons. The summed E-state index contributed by atoms with van der Waals surface area (Å²) in [5, 5.41) is 7.66. The Morgan fingerprint density at radius 3 is 2.21 bits per heavy atom. The fourth-order valence-electron chi connectivity index (χ4n) is 2.48. The van der Waals surface area contributed by atoms with E-state index in [1.165, 1.54) is 13.8 Å². The molecule has 0 aromatic heterocycles. The predicted molar refractivity (Wildman–Crippen MR) is 109 cm³/mol. The Morgan fingerprint density at radius 1 is 1.00 bits per heavy atom. The van der Waals surface area contributed by atoms with Crippen molar-refractivity contribution >= 4 is 47.9 Å². The lowest BCUT2D eigenvalue weighted by molar-refractivity contribution is -0.137. The lowest BCUT2D eigenvalue weighted by Gasteiger charge is -2.19. The van der Waals surface area contributed by atoms with Gasteiger partial charge in [0.05, 0.1) is 4.91 Å². The van der Waals surface area contributed by atoms with Gasteiger partial charge in [0, 0.05) is 24.7 Å². The molecule has 0 radical (unpaired) electrons. The van der Waals surface area contributed by atoms with Crippen LogP contribution in [0.4, 0.5) is 5.69 Å². The van der Waals surface area contributed by atoms with Crippen molar-refractivity contribution in [2.45, 2.75) is 32.4 Å². The standard InChI is InChI=1S/C19H22N4O5S/c1-11(20-15(24)8-9-23-16(25)10-14(29)19(23)28)17(26)21-12(2)18(27)22-13-6-4-3-5-7-13/h3-7,10-12,29H,8-9H2,1-2H3,(H,20,24)(H,21,26)(H,22,27)/t11-,12-/m0/s1. The second-order valence-corrected chi connectivity index (χ2v) is 6.93. The summed E-state index contributed by atoms with van der Waals surface area (Å²) in [6.07, 6.45) is 0.926. The molecule has 0 bridgehead atoms. The normalized spacial score (nSPS) is 15.4. The molecule has 0 unspecified atom stereocenters. The number of para-hydroxylation sites is 1. The van der Waals surface area contributed by atoms with E-state index in [-0.39, 0.29) is 17.9 Å². The highest BCUT2D eigenvalue weighted by Gasteiger charge is 2.29. The third-order valence-electron chi connectivity index (χ3n) is 4.12. The van der Waals surface area contributed by atoms with Crippen molar-refractivity contribution in [3.05, 3.63) is 41.3 Å². The number of rotatable bonds is 8. The Morgan fingerprint density at radius 2 is 1.62 bits per heavy atom. The fourth-order valence-corrected chi connectivity index (χ4v) is 2.71. The van der Waals surface area contributed by atoms with Crippen LogP contribution in [-0.4, -0.2) is 53.1 Å². The molecule has 1 aromatic carbocycles. The molecule has 10 heteroatoms. The van der Waals surface area contributed by atoms with Gasteiger partial charge in [0.1, 0.15) is 12.1 Å². The molecule has 5 amide bonds. The summed E-state index contributed by atoms with van der Waals surface area (Å²) >= 11 is 3.88. The average molecular weight is 418 g/mol. The second-order valence-electron chi connectivity index (χ2n) is 6.45. The minimum atomic E-state index is -0.905. The molecule has 1 aromatic rings. The zero-order valence-electron chi connectivity index (χ0n) is 16.0. The fraction of sp³-hybridized carbons (Fsp3) is 0.316. The van der Waals surface area contributed by atoms with Gasteiger partial charge >= 0.3 is 0 Å². The van der Waals surface area contributed by atoms with Crippen LogP contribution < -0.4 is 16.0 Å². The Hall–Kier alpha value is -3.14. The quantitative estimate of drug-likeness (QED) is 0.355. The van der Waals surface area contributed by atoms with Crippen molar-refractivity contribution in [1.29, 1.82) is 0 Å². The topological polar surface area (TPSA) is 125 Å². The van der Waals surface area contributed by atoms with Crippen molar-refractivity contribution in [2.75, 3.05) is 11.9 Å². The number of nitrogens with zero attached hydrogens (tertiary/aromatic N) is 1. The first kappa shape index (κ1) is 22.2. The molecule has 0 fully saturated rings. The summed E-state index contributed by atoms with van der Waals surface area (Å²) in [5.41, 5.74) is 0.602. The van der Waals surface area contributed by atoms with Gasteiger partial charge in [0.2, 0.25) is 17.7 Å². The minimum Gasteiger partial charge on any atom is -0.345 e. The first-order valence-electron chi connectivity index (χ1n) is 8.91. The molecular formula is C19H22N4O5S. The predicted octanol–water partition coefficient (Wildman–Crippen LogP) is 0.207. The number of anilines is 1. The zero-order chi connectivity index (χ0) is 21.6. The number of hydrogen-bond acceptors (Lipinski definition) is 6. The molecule has 29 heavy (non-hydrogen) atoms. The number of amides is 5. The summed E-state index contributed by atoms with van der Waals surface area (Å²) in [6, 6.07) is 7.07. The Bertz CT molecular complexity index is 855. The monoisotopic (exact) mass is 418 g/mol. The summed E-state index contributed by atoms with van der Waals surface area (Å²) in [6.45, 7) is 2.88. The molecule has 9 nitrogen and oxygen atoms in total. The number of thiol groups is 1. The van der Waals surface area contributed by atoms with Gasteiger partial charge in [0.25, 0.3) is 11.8 Å². The number of carbonyl (C=O) groups is 5. The van der Waals surface area contributed by atoms with Crippen LogP contribution in [0.5, 0.6) is 0 Å². The zero-order valence-corrected chi connectivity index (χ0v) is 16.9. The molecule has 1 aliphatic heterocycles. The first-order chi connectivity index (χ1) is 13.7. The van der Waals surface area contributed by atoms with Crippen molar-refractivity contribution in [1.82, 2.24) is 15.5 Å². The SMILES string of the molecule is C[C@H](NC(=O)CCN1C(=O)C=C(S)C1=O)C(=O)N[C@@H](C)C(=O)Nc1ccccc1. The lowest BCUT2D eigenvalue weighted by atomic mass is 10.2. The molecule has 1 aliphatic rings. The summed E-state index contributed by atoms with van der Waals surface area (Å²) in [4.78, 5) is 60.6. The van der Waals surface area contributed by atoms with Crippen LogP contribution in [0.2, 0.25) is 0 Å². The van der Waals surface area contributed by atoms with E-state index in [1.807, 2.05) is 6.07 Å². The molecule has 3 N–H and O–H groups in total. The van der Waals surface area contributed by atoms with Gasteiger partial charge in [-0.05, 0) is 26.0 Å². The van der Waals surface area contributed by atoms with Gasteiger partial charge in [-0.25, -0.2) is 0 Å². The molecule has 0 aliphatic carbocycles. The maximum Gasteiger partial charge on any atom is 0.267 e. The smallest absolute Gasteiger partial charge is 0.267 e.